The molecule has 0 saturated heterocycles. The van der Waals surface area contributed by atoms with E-state index in [0.29, 0.717) is 0 Å². The molecule has 1 rings (SSSR count). The fraction of sp³-hybridized carbons (Fsp3) is 0.353. The third kappa shape index (κ3) is 4.55. The predicted molar refractivity (Wildman–Crippen MR) is 84.0 cm³/mol. The van der Waals surface area contributed by atoms with Crippen LogP contribution in [-0.2, 0) is 19.1 Å². The summed E-state index contributed by atoms with van der Waals surface area (Å²) in [5.74, 6) is -1.66. The quantitative estimate of drug-likeness (QED) is 0.618. The minimum absolute atomic E-state index is 0.0373. The lowest BCUT2D eigenvalue weighted by atomic mass is 9.90. The van der Waals surface area contributed by atoms with Crippen molar-refractivity contribution in [3.63, 3.8) is 0 Å². The van der Waals surface area contributed by atoms with E-state index in [1.54, 1.807) is 19.1 Å². The summed E-state index contributed by atoms with van der Waals surface area (Å²) in [6.45, 7) is 4.31. The van der Waals surface area contributed by atoms with E-state index in [4.69, 9.17) is 4.74 Å². The third-order valence-corrected chi connectivity index (χ3v) is 3.15. The molecule has 1 aromatic rings. The number of carbonyl (C=O) groups is 3. The van der Waals surface area contributed by atoms with Crippen molar-refractivity contribution in [3.8, 4) is 0 Å². The second-order valence-corrected chi connectivity index (χ2v) is 4.88. The zero-order chi connectivity index (χ0) is 16.6. The molecule has 0 heterocycles. The summed E-state index contributed by atoms with van der Waals surface area (Å²) in [5, 5.41) is 2.45. The summed E-state index contributed by atoms with van der Waals surface area (Å²) in [6, 6.07) is 9.46. The Hall–Kier alpha value is -2.43. The number of Topliss-reactive ketones (excluding diaryl/α,β-unsaturated/α-hetero) is 1. The molecule has 0 unspecified atom stereocenters. The van der Waals surface area contributed by atoms with Crippen LogP contribution in [0.25, 0.3) is 6.08 Å². The number of hydrogen-bond donors (Lipinski definition) is 1. The van der Waals surface area contributed by atoms with Gasteiger partial charge in [0.25, 0.3) is 0 Å². The van der Waals surface area contributed by atoms with Gasteiger partial charge < -0.3 is 10.1 Å². The first-order chi connectivity index (χ1) is 10.4. The standard InChI is InChI=1S/C17H21NO4/c1-4-22-16(21)17(13(2)19,18-14(3)20)12-8-11-15-9-6-5-7-10-15/h5-11H,4,12H2,1-3H3,(H,18,20)/b11-8+/t17-/m1/s1. The molecule has 0 aliphatic rings. The monoisotopic (exact) mass is 303 g/mol. The summed E-state index contributed by atoms with van der Waals surface area (Å²) < 4.78 is 4.96. The Kier molecular flexibility index (Phi) is 6.50. The van der Waals surface area contributed by atoms with Crippen molar-refractivity contribution in [1.29, 1.82) is 0 Å². The van der Waals surface area contributed by atoms with Gasteiger partial charge in [0.05, 0.1) is 6.61 Å². The fourth-order valence-electron chi connectivity index (χ4n) is 2.05. The number of carbonyl (C=O) groups excluding carboxylic acids is 3. The summed E-state index contributed by atoms with van der Waals surface area (Å²) in [5.41, 5.74) is -0.737. The molecule has 0 spiro atoms. The van der Waals surface area contributed by atoms with Crippen molar-refractivity contribution in [2.75, 3.05) is 6.61 Å². The number of nitrogens with one attached hydrogen (secondary N) is 1. The smallest absolute Gasteiger partial charge is 0.340 e. The predicted octanol–water partition coefficient (Wildman–Crippen LogP) is 2.12. The van der Waals surface area contributed by atoms with Crippen LogP contribution in [0.3, 0.4) is 0 Å². The second kappa shape index (κ2) is 8.12. The van der Waals surface area contributed by atoms with Crippen molar-refractivity contribution in [3.05, 3.63) is 42.0 Å². The SMILES string of the molecule is CCOC(=O)[C@](C/C=C/c1ccccc1)(NC(C)=O)C(C)=O. The van der Waals surface area contributed by atoms with Gasteiger partial charge in [-0.25, -0.2) is 4.79 Å². The number of rotatable bonds is 7. The molecule has 1 amide bonds. The highest BCUT2D eigenvalue weighted by molar-refractivity contribution is 6.10. The molecule has 5 nitrogen and oxygen atoms in total. The lowest BCUT2D eigenvalue weighted by Crippen LogP contribution is -2.59. The molecule has 0 radical (unpaired) electrons. The molecule has 0 bridgehead atoms. The maximum absolute atomic E-state index is 12.2. The molecule has 0 aliphatic heterocycles. The minimum atomic E-state index is -1.67. The Bertz CT molecular complexity index is 565. The number of ketones is 1. The number of benzene rings is 1. The maximum Gasteiger partial charge on any atom is 0.340 e. The molecule has 5 heteroatoms. The van der Waals surface area contributed by atoms with Crippen LogP contribution in [0.1, 0.15) is 32.8 Å². The molecular formula is C17H21NO4. The Labute approximate surface area is 130 Å². The van der Waals surface area contributed by atoms with Gasteiger partial charge in [0, 0.05) is 13.3 Å². The van der Waals surface area contributed by atoms with Crippen LogP contribution in [0.5, 0.6) is 0 Å². The van der Waals surface area contributed by atoms with Crippen LogP contribution in [0.4, 0.5) is 0 Å². The minimum Gasteiger partial charge on any atom is -0.464 e. The normalized spacial score (nSPS) is 13.4. The van der Waals surface area contributed by atoms with Crippen LogP contribution in [0.15, 0.2) is 36.4 Å². The van der Waals surface area contributed by atoms with E-state index in [9.17, 15) is 14.4 Å². The highest BCUT2D eigenvalue weighted by atomic mass is 16.5. The molecule has 1 atom stereocenters. The van der Waals surface area contributed by atoms with Crippen LogP contribution < -0.4 is 5.32 Å². The summed E-state index contributed by atoms with van der Waals surface area (Å²) in [6.07, 6.45) is 3.51. The molecule has 118 valence electrons. The van der Waals surface area contributed by atoms with Crippen LogP contribution in [-0.4, -0.2) is 29.8 Å². The topological polar surface area (TPSA) is 72.5 Å². The zero-order valence-corrected chi connectivity index (χ0v) is 13.1. The number of ether oxygens (including phenoxy) is 1. The Morgan fingerprint density at radius 2 is 1.82 bits per heavy atom. The van der Waals surface area contributed by atoms with E-state index in [-0.39, 0.29) is 13.0 Å². The highest BCUT2D eigenvalue weighted by Crippen LogP contribution is 2.17. The zero-order valence-electron chi connectivity index (χ0n) is 13.1. The number of esters is 1. The molecule has 1 N–H and O–H groups in total. The fourth-order valence-corrected chi connectivity index (χ4v) is 2.05. The van der Waals surface area contributed by atoms with E-state index >= 15 is 0 Å². The van der Waals surface area contributed by atoms with E-state index in [0.717, 1.165) is 5.56 Å². The number of amides is 1. The van der Waals surface area contributed by atoms with Gasteiger partial charge in [-0.05, 0) is 19.4 Å². The average molecular weight is 303 g/mol. The summed E-state index contributed by atoms with van der Waals surface area (Å²) in [7, 11) is 0. The van der Waals surface area contributed by atoms with Crippen LogP contribution in [0.2, 0.25) is 0 Å². The van der Waals surface area contributed by atoms with Crippen molar-refractivity contribution in [2.24, 2.45) is 0 Å². The molecule has 0 aliphatic carbocycles. The van der Waals surface area contributed by atoms with E-state index < -0.39 is 23.2 Å². The molecule has 22 heavy (non-hydrogen) atoms. The number of hydrogen-bond acceptors (Lipinski definition) is 4. The van der Waals surface area contributed by atoms with Gasteiger partial charge in [-0.2, -0.15) is 0 Å². The molecule has 0 saturated carbocycles. The van der Waals surface area contributed by atoms with Gasteiger partial charge in [0.1, 0.15) is 0 Å². The van der Waals surface area contributed by atoms with Gasteiger partial charge in [0.15, 0.2) is 11.3 Å². The van der Waals surface area contributed by atoms with Gasteiger partial charge in [-0.15, -0.1) is 0 Å². The third-order valence-electron chi connectivity index (χ3n) is 3.15. The summed E-state index contributed by atoms with van der Waals surface area (Å²) in [4.78, 5) is 35.6. The van der Waals surface area contributed by atoms with Crippen LogP contribution in [0, 0.1) is 0 Å². The maximum atomic E-state index is 12.2. The van der Waals surface area contributed by atoms with Crippen LogP contribution >= 0.6 is 0 Å². The van der Waals surface area contributed by atoms with Gasteiger partial charge in [0.2, 0.25) is 5.91 Å². The second-order valence-electron chi connectivity index (χ2n) is 4.88. The lowest BCUT2D eigenvalue weighted by molar-refractivity contribution is -0.156. The Balaban J connectivity index is 3.03. The van der Waals surface area contributed by atoms with Gasteiger partial charge >= 0.3 is 5.97 Å². The molecule has 0 fully saturated rings. The lowest BCUT2D eigenvalue weighted by Gasteiger charge is -2.28. The van der Waals surface area contributed by atoms with Crippen molar-refractivity contribution in [2.45, 2.75) is 32.7 Å². The molecular weight excluding hydrogens is 282 g/mol. The van der Waals surface area contributed by atoms with Crippen molar-refractivity contribution >= 4 is 23.7 Å². The molecule has 0 aromatic heterocycles. The molecule has 1 aromatic carbocycles. The van der Waals surface area contributed by atoms with Crippen molar-refractivity contribution in [1.82, 2.24) is 5.32 Å². The van der Waals surface area contributed by atoms with E-state index in [2.05, 4.69) is 5.32 Å². The van der Waals surface area contributed by atoms with Gasteiger partial charge in [-0.1, -0.05) is 42.5 Å². The van der Waals surface area contributed by atoms with E-state index in [1.165, 1.54) is 13.8 Å². The summed E-state index contributed by atoms with van der Waals surface area (Å²) >= 11 is 0. The first kappa shape index (κ1) is 17.6. The first-order valence-corrected chi connectivity index (χ1v) is 7.11. The average Bonchev–Trinajstić information content (AvgIpc) is 2.46. The van der Waals surface area contributed by atoms with Crippen molar-refractivity contribution < 1.29 is 19.1 Å². The van der Waals surface area contributed by atoms with Gasteiger partial charge in [-0.3, -0.25) is 9.59 Å². The Morgan fingerprint density at radius 3 is 2.32 bits per heavy atom. The van der Waals surface area contributed by atoms with E-state index in [1.807, 2.05) is 30.3 Å². The highest BCUT2D eigenvalue weighted by Gasteiger charge is 2.44. The Morgan fingerprint density at radius 1 is 1.18 bits per heavy atom. The largest absolute Gasteiger partial charge is 0.464 e. The first-order valence-electron chi connectivity index (χ1n) is 7.11.